The Bertz CT molecular complexity index is 448. The molecule has 0 aromatic carbocycles. The number of hydrogen-bond donors (Lipinski definition) is 0. The molecule has 0 aliphatic rings. The van der Waals surface area contributed by atoms with E-state index in [2.05, 4.69) is 4.98 Å². The molecule has 0 aliphatic carbocycles. The fourth-order valence-corrected chi connectivity index (χ4v) is 1.84. The number of aryl methyl sites for hydroxylation is 1. The monoisotopic (exact) mass is 203 g/mol. The van der Waals surface area contributed by atoms with Gasteiger partial charge in [0.15, 0.2) is 0 Å². The molecule has 2 aromatic rings. The van der Waals surface area contributed by atoms with E-state index >= 15 is 0 Å². The van der Waals surface area contributed by atoms with Crippen molar-refractivity contribution in [1.82, 2.24) is 4.98 Å². The predicted octanol–water partition coefficient (Wildman–Crippen LogP) is 2.68. The minimum absolute atomic E-state index is 0.00468. The highest BCUT2D eigenvalue weighted by Gasteiger charge is 2.10. The Hall–Kier alpha value is -1.48. The van der Waals surface area contributed by atoms with Gasteiger partial charge in [0, 0.05) is 17.1 Å². The van der Waals surface area contributed by atoms with Crippen LogP contribution in [0.4, 0.5) is 0 Å². The molecule has 3 heteroatoms. The topological polar surface area (TPSA) is 30.0 Å². The summed E-state index contributed by atoms with van der Waals surface area (Å²) >= 11 is 1.52. The molecule has 0 saturated heterocycles. The van der Waals surface area contributed by atoms with Gasteiger partial charge in [-0.05, 0) is 36.1 Å². The van der Waals surface area contributed by atoms with E-state index in [-0.39, 0.29) is 5.78 Å². The summed E-state index contributed by atoms with van der Waals surface area (Å²) in [4.78, 5) is 15.9. The Labute approximate surface area is 86.2 Å². The summed E-state index contributed by atoms with van der Waals surface area (Å²) < 4.78 is 0. The Kier molecular flexibility index (Phi) is 2.41. The van der Waals surface area contributed by atoms with Crippen molar-refractivity contribution in [2.45, 2.75) is 6.92 Å². The molecule has 0 saturated carbocycles. The highest BCUT2D eigenvalue weighted by Crippen LogP contribution is 2.11. The zero-order valence-electron chi connectivity index (χ0n) is 7.73. The van der Waals surface area contributed by atoms with Gasteiger partial charge in [-0.2, -0.15) is 11.3 Å². The average molecular weight is 203 g/mol. The number of thiophene rings is 1. The summed E-state index contributed by atoms with van der Waals surface area (Å²) in [5.74, 6) is -0.00468. The number of hydrogen-bond acceptors (Lipinski definition) is 3. The molecular weight excluding hydrogens is 194 g/mol. The van der Waals surface area contributed by atoms with Gasteiger partial charge in [0.2, 0.25) is 5.78 Å². The summed E-state index contributed by atoms with van der Waals surface area (Å²) in [6.45, 7) is 1.95. The quantitative estimate of drug-likeness (QED) is 0.702. The molecule has 2 aromatic heterocycles. The van der Waals surface area contributed by atoms with Crippen molar-refractivity contribution in [3.05, 3.63) is 52.0 Å². The van der Waals surface area contributed by atoms with Crippen LogP contribution in [0.1, 0.15) is 21.6 Å². The Balaban J connectivity index is 2.37. The summed E-state index contributed by atoms with van der Waals surface area (Å²) in [5.41, 5.74) is 2.29. The lowest BCUT2D eigenvalue weighted by Crippen LogP contribution is -2.02. The summed E-state index contributed by atoms with van der Waals surface area (Å²) in [6, 6.07) is 5.50. The van der Waals surface area contributed by atoms with Crippen LogP contribution in [0, 0.1) is 6.92 Å². The highest BCUT2D eigenvalue weighted by atomic mass is 32.1. The van der Waals surface area contributed by atoms with Crippen LogP contribution in [0.25, 0.3) is 0 Å². The second-order valence-electron chi connectivity index (χ2n) is 3.06. The van der Waals surface area contributed by atoms with E-state index in [1.807, 2.05) is 29.8 Å². The van der Waals surface area contributed by atoms with Crippen LogP contribution in [0.15, 0.2) is 35.2 Å². The van der Waals surface area contributed by atoms with Crippen molar-refractivity contribution in [1.29, 1.82) is 0 Å². The summed E-state index contributed by atoms with van der Waals surface area (Å²) in [7, 11) is 0. The van der Waals surface area contributed by atoms with Crippen LogP contribution in [0.5, 0.6) is 0 Å². The minimum Gasteiger partial charge on any atom is -0.287 e. The average Bonchev–Trinajstić information content (AvgIpc) is 2.69. The third kappa shape index (κ3) is 1.72. The first-order chi connectivity index (χ1) is 6.77. The SMILES string of the molecule is Cc1ccnc(C(=O)c2ccsc2)c1. The number of carbonyl (C=O) groups excluding carboxylic acids is 1. The third-order valence-corrected chi connectivity index (χ3v) is 2.61. The Morgan fingerprint density at radius 3 is 2.93 bits per heavy atom. The van der Waals surface area contributed by atoms with Crippen LogP contribution in [0.3, 0.4) is 0 Å². The van der Waals surface area contributed by atoms with Gasteiger partial charge >= 0.3 is 0 Å². The lowest BCUT2D eigenvalue weighted by molar-refractivity contribution is 0.103. The molecule has 70 valence electrons. The number of nitrogens with zero attached hydrogens (tertiary/aromatic N) is 1. The maximum absolute atomic E-state index is 11.8. The second kappa shape index (κ2) is 3.72. The molecule has 14 heavy (non-hydrogen) atoms. The zero-order chi connectivity index (χ0) is 9.97. The van der Waals surface area contributed by atoms with Crippen molar-refractivity contribution < 1.29 is 4.79 Å². The lowest BCUT2D eigenvalue weighted by atomic mass is 10.1. The van der Waals surface area contributed by atoms with E-state index in [9.17, 15) is 4.79 Å². The van der Waals surface area contributed by atoms with E-state index in [1.54, 1.807) is 12.3 Å². The van der Waals surface area contributed by atoms with Gasteiger partial charge in [0.05, 0.1) is 0 Å². The Morgan fingerprint density at radius 2 is 2.29 bits per heavy atom. The first-order valence-electron chi connectivity index (χ1n) is 4.27. The van der Waals surface area contributed by atoms with Gasteiger partial charge in [-0.25, -0.2) is 0 Å². The zero-order valence-corrected chi connectivity index (χ0v) is 8.54. The molecule has 2 rings (SSSR count). The molecule has 0 atom stereocenters. The van der Waals surface area contributed by atoms with Gasteiger partial charge in [0.1, 0.15) is 5.69 Å². The number of aromatic nitrogens is 1. The normalized spacial score (nSPS) is 10.1. The van der Waals surface area contributed by atoms with Crippen molar-refractivity contribution in [3.8, 4) is 0 Å². The molecule has 0 unspecified atom stereocenters. The molecule has 0 spiro atoms. The summed E-state index contributed by atoms with van der Waals surface area (Å²) in [6.07, 6.45) is 1.66. The first-order valence-corrected chi connectivity index (χ1v) is 5.21. The van der Waals surface area contributed by atoms with Crippen LogP contribution < -0.4 is 0 Å². The maximum atomic E-state index is 11.8. The molecule has 0 amide bonds. The number of pyridine rings is 1. The first kappa shape index (κ1) is 9.09. The van der Waals surface area contributed by atoms with E-state index < -0.39 is 0 Å². The standard InChI is InChI=1S/C11H9NOS/c1-8-2-4-12-10(6-8)11(13)9-3-5-14-7-9/h2-7H,1H3. The Morgan fingerprint density at radius 1 is 1.43 bits per heavy atom. The number of rotatable bonds is 2. The largest absolute Gasteiger partial charge is 0.287 e. The van der Waals surface area contributed by atoms with Gasteiger partial charge in [-0.1, -0.05) is 0 Å². The van der Waals surface area contributed by atoms with Crippen molar-refractivity contribution in [2.24, 2.45) is 0 Å². The van der Waals surface area contributed by atoms with Crippen LogP contribution in [-0.4, -0.2) is 10.8 Å². The molecule has 0 N–H and O–H groups in total. The maximum Gasteiger partial charge on any atom is 0.212 e. The molecular formula is C11H9NOS. The third-order valence-electron chi connectivity index (χ3n) is 1.93. The minimum atomic E-state index is -0.00468. The van der Waals surface area contributed by atoms with Gasteiger partial charge in [-0.15, -0.1) is 0 Å². The molecule has 2 heterocycles. The summed E-state index contributed by atoms with van der Waals surface area (Å²) in [5, 5.41) is 3.73. The lowest BCUT2D eigenvalue weighted by Gasteiger charge is -1.98. The van der Waals surface area contributed by atoms with Crippen molar-refractivity contribution in [2.75, 3.05) is 0 Å². The molecule has 0 radical (unpaired) electrons. The van der Waals surface area contributed by atoms with E-state index in [1.165, 1.54) is 11.3 Å². The fourth-order valence-electron chi connectivity index (χ4n) is 1.20. The predicted molar refractivity (Wildman–Crippen MR) is 56.7 cm³/mol. The molecule has 2 nitrogen and oxygen atoms in total. The molecule has 0 aliphatic heterocycles. The molecule has 0 bridgehead atoms. The van der Waals surface area contributed by atoms with Gasteiger partial charge in [-0.3, -0.25) is 9.78 Å². The number of carbonyl (C=O) groups is 1. The van der Waals surface area contributed by atoms with Crippen molar-refractivity contribution >= 4 is 17.1 Å². The van der Waals surface area contributed by atoms with Gasteiger partial charge < -0.3 is 0 Å². The second-order valence-corrected chi connectivity index (χ2v) is 3.84. The smallest absolute Gasteiger partial charge is 0.212 e. The van der Waals surface area contributed by atoms with E-state index in [0.717, 1.165) is 5.56 Å². The van der Waals surface area contributed by atoms with Crippen molar-refractivity contribution in [3.63, 3.8) is 0 Å². The highest BCUT2D eigenvalue weighted by molar-refractivity contribution is 7.08. The van der Waals surface area contributed by atoms with E-state index in [0.29, 0.717) is 11.3 Å². The molecule has 0 fully saturated rings. The van der Waals surface area contributed by atoms with Crippen LogP contribution in [-0.2, 0) is 0 Å². The number of ketones is 1. The fraction of sp³-hybridized carbons (Fsp3) is 0.0909. The van der Waals surface area contributed by atoms with Gasteiger partial charge in [0.25, 0.3) is 0 Å². The van der Waals surface area contributed by atoms with Crippen LogP contribution >= 0.6 is 11.3 Å². The van der Waals surface area contributed by atoms with Crippen LogP contribution in [0.2, 0.25) is 0 Å². The van der Waals surface area contributed by atoms with E-state index in [4.69, 9.17) is 0 Å².